The lowest BCUT2D eigenvalue weighted by molar-refractivity contribution is 0.618. The van der Waals surface area contributed by atoms with Crippen molar-refractivity contribution in [1.82, 2.24) is 0 Å². The summed E-state index contributed by atoms with van der Waals surface area (Å²) < 4.78 is 24.5. The molecule has 0 aromatic heterocycles. The highest BCUT2D eigenvalue weighted by Crippen LogP contribution is 2.18. The van der Waals surface area contributed by atoms with Crippen molar-refractivity contribution in [3.8, 4) is 0 Å². The van der Waals surface area contributed by atoms with E-state index in [1.54, 1.807) is 0 Å². The van der Waals surface area contributed by atoms with E-state index in [0.29, 0.717) is 16.6 Å². The first-order chi connectivity index (χ1) is 7.00. The number of hydrogen-bond acceptors (Lipinski definition) is 2. The van der Waals surface area contributed by atoms with Crippen molar-refractivity contribution in [2.24, 2.45) is 5.92 Å². The Morgan fingerprint density at radius 2 is 2.13 bits per heavy atom. The molecule has 0 aliphatic carbocycles. The number of anilines is 1. The van der Waals surface area contributed by atoms with E-state index in [0.717, 1.165) is 6.42 Å². The molecule has 2 N–H and O–H groups in total. The van der Waals surface area contributed by atoms with Crippen LogP contribution in [0.15, 0.2) is 23.1 Å². The van der Waals surface area contributed by atoms with Gasteiger partial charge < -0.3 is 5.73 Å². The molecule has 0 heterocycles. The predicted molar refractivity (Wildman–Crippen MR) is 61.5 cm³/mol. The Hall–Kier alpha value is -0.900. The molecule has 84 valence electrons. The van der Waals surface area contributed by atoms with E-state index in [1.807, 2.05) is 0 Å². The van der Waals surface area contributed by atoms with Gasteiger partial charge in [0.1, 0.15) is 5.82 Å². The second kappa shape index (κ2) is 5.26. The molecule has 2 nitrogen and oxygen atoms in total. The molecule has 0 fully saturated rings. The fraction of sp³-hybridized carbons (Fsp3) is 0.455. The summed E-state index contributed by atoms with van der Waals surface area (Å²) in [5.74, 6) is 0.695. The largest absolute Gasteiger partial charge is 0.398 e. The molecule has 1 rings (SSSR count). The predicted octanol–water partition coefficient (Wildman–Crippen LogP) is 2.56. The van der Waals surface area contributed by atoms with E-state index in [2.05, 4.69) is 13.8 Å². The summed E-state index contributed by atoms with van der Waals surface area (Å²) in [4.78, 5) is 0.539. The summed E-state index contributed by atoms with van der Waals surface area (Å²) in [6.45, 7) is 4.15. The van der Waals surface area contributed by atoms with Gasteiger partial charge in [-0.1, -0.05) is 13.8 Å². The quantitative estimate of drug-likeness (QED) is 0.806. The zero-order valence-corrected chi connectivity index (χ0v) is 9.81. The summed E-state index contributed by atoms with van der Waals surface area (Å²) in [5.41, 5.74) is 5.87. The highest BCUT2D eigenvalue weighted by atomic mass is 32.2. The molecule has 0 radical (unpaired) electrons. The van der Waals surface area contributed by atoms with Crippen LogP contribution in [0.4, 0.5) is 10.1 Å². The van der Waals surface area contributed by atoms with Crippen LogP contribution in [0.3, 0.4) is 0 Å². The lowest BCUT2D eigenvalue weighted by atomic mass is 10.2. The number of nitrogen functional groups attached to an aromatic ring is 1. The number of rotatable bonds is 4. The standard InChI is InChI=1S/C11H16FNOS/c1-8(2)5-6-15(14)11-4-3-9(12)7-10(11)13/h3-4,7-8H,5-6,13H2,1-2H3. The second-order valence-corrected chi connectivity index (χ2v) is 5.45. The van der Waals surface area contributed by atoms with Crippen LogP contribution in [0.5, 0.6) is 0 Å². The fourth-order valence-corrected chi connectivity index (χ4v) is 2.63. The van der Waals surface area contributed by atoms with Crippen LogP contribution in [0.2, 0.25) is 0 Å². The van der Waals surface area contributed by atoms with Gasteiger partial charge in [-0.15, -0.1) is 0 Å². The Balaban J connectivity index is 2.74. The van der Waals surface area contributed by atoms with Crippen molar-refractivity contribution >= 4 is 16.5 Å². The molecule has 0 aliphatic rings. The van der Waals surface area contributed by atoms with Crippen LogP contribution in [-0.2, 0) is 10.8 Å². The third-order valence-corrected chi connectivity index (χ3v) is 3.57. The van der Waals surface area contributed by atoms with Gasteiger partial charge in [-0.05, 0) is 30.5 Å². The van der Waals surface area contributed by atoms with Gasteiger partial charge in [-0.25, -0.2) is 4.39 Å². The van der Waals surface area contributed by atoms with E-state index in [-0.39, 0.29) is 5.69 Å². The first-order valence-electron chi connectivity index (χ1n) is 4.94. The molecular weight excluding hydrogens is 213 g/mol. The molecule has 1 atom stereocenters. The van der Waals surface area contributed by atoms with Gasteiger partial charge in [0.25, 0.3) is 0 Å². The summed E-state index contributed by atoms with van der Waals surface area (Å²) in [6, 6.07) is 4.00. The summed E-state index contributed by atoms with van der Waals surface area (Å²) in [7, 11) is -1.12. The van der Waals surface area contributed by atoms with Crippen LogP contribution in [0, 0.1) is 11.7 Å². The van der Waals surface area contributed by atoms with Crippen molar-refractivity contribution in [3.05, 3.63) is 24.0 Å². The molecule has 0 spiro atoms. The van der Waals surface area contributed by atoms with E-state index in [1.165, 1.54) is 18.2 Å². The minimum atomic E-state index is -1.12. The SMILES string of the molecule is CC(C)CCS(=O)c1ccc(F)cc1N. The van der Waals surface area contributed by atoms with Gasteiger partial charge in [0.15, 0.2) is 0 Å². The average Bonchev–Trinajstić information content (AvgIpc) is 2.14. The van der Waals surface area contributed by atoms with Gasteiger partial charge in [-0.2, -0.15) is 0 Å². The fourth-order valence-electron chi connectivity index (χ4n) is 1.18. The molecule has 0 amide bonds. The molecule has 0 aliphatic heterocycles. The Morgan fingerprint density at radius 3 is 2.67 bits per heavy atom. The first kappa shape index (κ1) is 12.2. The molecular formula is C11H16FNOS. The van der Waals surface area contributed by atoms with Crippen LogP contribution in [0.25, 0.3) is 0 Å². The average molecular weight is 229 g/mol. The smallest absolute Gasteiger partial charge is 0.125 e. The molecule has 0 saturated heterocycles. The topological polar surface area (TPSA) is 43.1 Å². The maximum absolute atomic E-state index is 12.7. The van der Waals surface area contributed by atoms with Crippen molar-refractivity contribution in [2.75, 3.05) is 11.5 Å². The maximum Gasteiger partial charge on any atom is 0.125 e. The number of benzene rings is 1. The maximum atomic E-state index is 12.7. The minimum absolute atomic E-state index is 0.275. The molecule has 1 aromatic carbocycles. The number of nitrogens with two attached hydrogens (primary N) is 1. The third kappa shape index (κ3) is 3.63. The lowest BCUT2D eigenvalue weighted by Crippen LogP contribution is -2.04. The molecule has 1 unspecified atom stereocenters. The van der Waals surface area contributed by atoms with E-state index >= 15 is 0 Å². The Bertz CT molecular complexity index is 366. The Kier molecular flexibility index (Phi) is 4.27. The van der Waals surface area contributed by atoms with E-state index < -0.39 is 16.6 Å². The zero-order valence-electron chi connectivity index (χ0n) is 9.00. The van der Waals surface area contributed by atoms with Crippen LogP contribution < -0.4 is 5.73 Å². The van der Waals surface area contributed by atoms with Crippen LogP contribution >= 0.6 is 0 Å². The highest BCUT2D eigenvalue weighted by molar-refractivity contribution is 7.85. The molecule has 4 heteroatoms. The van der Waals surface area contributed by atoms with Crippen molar-refractivity contribution in [2.45, 2.75) is 25.2 Å². The summed E-state index contributed by atoms with van der Waals surface area (Å²) in [6.07, 6.45) is 0.878. The zero-order chi connectivity index (χ0) is 11.4. The summed E-state index contributed by atoms with van der Waals surface area (Å²) in [5, 5.41) is 0. The summed E-state index contributed by atoms with van der Waals surface area (Å²) >= 11 is 0. The highest BCUT2D eigenvalue weighted by Gasteiger charge is 2.09. The number of hydrogen-bond donors (Lipinski definition) is 1. The molecule has 1 aromatic rings. The van der Waals surface area contributed by atoms with Gasteiger partial charge in [0.05, 0.1) is 21.4 Å². The van der Waals surface area contributed by atoms with Crippen molar-refractivity contribution in [3.63, 3.8) is 0 Å². The molecule has 0 bridgehead atoms. The van der Waals surface area contributed by atoms with E-state index in [9.17, 15) is 8.60 Å². The van der Waals surface area contributed by atoms with Gasteiger partial charge in [-0.3, -0.25) is 4.21 Å². The van der Waals surface area contributed by atoms with Gasteiger partial charge >= 0.3 is 0 Å². The van der Waals surface area contributed by atoms with Crippen LogP contribution in [0.1, 0.15) is 20.3 Å². The molecule has 15 heavy (non-hydrogen) atoms. The molecule has 0 saturated carbocycles. The van der Waals surface area contributed by atoms with Crippen molar-refractivity contribution < 1.29 is 8.60 Å². The van der Waals surface area contributed by atoms with Crippen molar-refractivity contribution in [1.29, 1.82) is 0 Å². The third-order valence-electron chi connectivity index (χ3n) is 2.10. The lowest BCUT2D eigenvalue weighted by Gasteiger charge is -2.07. The Morgan fingerprint density at radius 1 is 1.47 bits per heavy atom. The Labute approximate surface area is 92.1 Å². The normalized spacial score (nSPS) is 13.1. The van der Waals surface area contributed by atoms with Gasteiger partial charge in [0.2, 0.25) is 0 Å². The number of halogens is 1. The van der Waals surface area contributed by atoms with Crippen LogP contribution in [-0.4, -0.2) is 9.96 Å². The van der Waals surface area contributed by atoms with E-state index in [4.69, 9.17) is 5.73 Å². The second-order valence-electron chi connectivity index (χ2n) is 3.91. The van der Waals surface area contributed by atoms with Gasteiger partial charge in [0, 0.05) is 5.75 Å². The first-order valence-corrected chi connectivity index (χ1v) is 6.26. The monoisotopic (exact) mass is 229 g/mol. The minimum Gasteiger partial charge on any atom is -0.398 e.